The highest BCUT2D eigenvalue weighted by molar-refractivity contribution is 6.52. The molecule has 2 rings (SSSR count). The largest absolute Gasteiger partial charge is 0.677 e. The van der Waals surface area contributed by atoms with Gasteiger partial charge in [-0.25, -0.2) is 0 Å². The molecule has 0 amide bonds. The van der Waals surface area contributed by atoms with E-state index in [2.05, 4.69) is 0 Å². The first-order chi connectivity index (χ1) is 8.72. The van der Waals surface area contributed by atoms with Gasteiger partial charge in [-0.2, -0.15) is 0 Å². The van der Waals surface area contributed by atoms with E-state index >= 15 is 0 Å². The lowest BCUT2D eigenvalue weighted by Gasteiger charge is -2.33. The van der Waals surface area contributed by atoms with Crippen LogP contribution in [0.1, 0.15) is 64.2 Å². The highest BCUT2D eigenvalue weighted by atomic mass is 28.4. The first-order valence-corrected chi connectivity index (χ1v) is 9.02. The molecule has 2 saturated carbocycles. The molecular formula is C13H26O4Si. The SMILES string of the molecule is CO[Si](O)(OC1CCCCC1)OC1CCCCC1. The maximum atomic E-state index is 10.4. The van der Waals surface area contributed by atoms with Gasteiger partial charge in [0.15, 0.2) is 0 Å². The molecule has 0 spiro atoms. The summed E-state index contributed by atoms with van der Waals surface area (Å²) in [6.07, 6.45) is 11.6. The lowest BCUT2D eigenvalue weighted by Crippen LogP contribution is -2.50. The molecule has 2 aliphatic rings. The molecule has 0 saturated heterocycles. The molecule has 0 bridgehead atoms. The van der Waals surface area contributed by atoms with Crippen LogP contribution in [0.3, 0.4) is 0 Å². The monoisotopic (exact) mass is 274 g/mol. The van der Waals surface area contributed by atoms with Gasteiger partial charge in [0.2, 0.25) is 0 Å². The fourth-order valence-corrected chi connectivity index (χ4v) is 4.47. The van der Waals surface area contributed by atoms with Gasteiger partial charge in [-0.15, -0.1) is 0 Å². The number of hydrogen-bond acceptors (Lipinski definition) is 4. The van der Waals surface area contributed by atoms with Gasteiger partial charge in [-0.1, -0.05) is 38.5 Å². The van der Waals surface area contributed by atoms with Gasteiger partial charge in [0.25, 0.3) is 0 Å². The van der Waals surface area contributed by atoms with Crippen molar-refractivity contribution in [3.63, 3.8) is 0 Å². The van der Waals surface area contributed by atoms with Crippen LogP contribution in [0.25, 0.3) is 0 Å². The summed E-state index contributed by atoms with van der Waals surface area (Å²) in [6, 6.07) is 0. The second-order valence-corrected chi connectivity index (χ2v) is 7.41. The molecule has 0 aromatic heterocycles. The average Bonchev–Trinajstić information content (AvgIpc) is 2.41. The van der Waals surface area contributed by atoms with Crippen molar-refractivity contribution in [3.05, 3.63) is 0 Å². The normalized spacial score (nSPS) is 24.3. The van der Waals surface area contributed by atoms with Crippen LogP contribution >= 0.6 is 0 Å². The minimum atomic E-state index is -3.40. The molecule has 2 aliphatic carbocycles. The van der Waals surface area contributed by atoms with E-state index in [1.807, 2.05) is 0 Å². The Bertz CT molecular complexity index is 217. The van der Waals surface area contributed by atoms with E-state index in [1.165, 1.54) is 45.6 Å². The predicted octanol–water partition coefficient (Wildman–Crippen LogP) is 2.76. The van der Waals surface area contributed by atoms with E-state index in [9.17, 15) is 4.80 Å². The van der Waals surface area contributed by atoms with E-state index < -0.39 is 9.05 Å². The molecule has 1 N–H and O–H groups in total. The van der Waals surface area contributed by atoms with Crippen LogP contribution in [0.5, 0.6) is 0 Å². The Balaban J connectivity index is 1.83. The lowest BCUT2D eigenvalue weighted by molar-refractivity contribution is -0.0574. The van der Waals surface area contributed by atoms with E-state index in [0.717, 1.165) is 25.7 Å². The zero-order valence-electron chi connectivity index (χ0n) is 11.4. The maximum Gasteiger partial charge on any atom is 0.677 e. The molecule has 106 valence electrons. The zero-order chi connectivity index (χ0) is 12.8. The first-order valence-electron chi connectivity index (χ1n) is 7.35. The second kappa shape index (κ2) is 7.00. The third-order valence-electron chi connectivity index (χ3n) is 3.99. The number of hydrogen-bond donors (Lipinski definition) is 1. The summed E-state index contributed by atoms with van der Waals surface area (Å²) in [5.74, 6) is 0. The van der Waals surface area contributed by atoms with Crippen molar-refractivity contribution < 1.29 is 18.1 Å². The van der Waals surface area contributed by atoms with Crippen molar-refractivity contribution in [2.24, 2.45) is 0 Å². The highest BCUT2D eigenvalue weighted by Crippen LogP contribution is 2.27. The molecule has 2 fully saturated rings. The summed E-state index contributed by atoms with van der Waals surface area (Å²) in [4.78, 5) is 10.4. The van der Waals surface area contributed by atoms with Crippen molar-refractivity contribution in [2.75, 3.05) is 7.11 Å². The van der Waals surface area contributed by atoms with Crippen LogP contribution in [-0.2, 0) is 13.3 Å². The van der Waals surface area contributed by atoms with Crippen molar-refractivity contribution in [1.82, 2.24) is 0 Å². The third-order valence-corrected chi connectivity index (χ3v) is 5.77. The minimum Gasteiger partial charge on any atom is -0.367 e. The molecular weight excluding hydrogens is 248 g/mol. The van der Waals surface area contributed by atoms with E-state index in [-0.39, 0.29) is 12.2 Å². The third kappa shape index (κ3) is 4.31. The molecule has 0 atom stereocenters. The first kappa shape index (κ1) is 14.5. The standard InChI is InChI=1S/C13H26O4Si/c1-15-18(14,16-12-8-4-2-5-9-12)17-13-10-6-3-7-11-13/h12-14H,2-11H2,1H3. The van der Waals surface area contributed by atoms with Crippen molar-refractivity contribution in [1.29, 1.82) is 0 Å². The average molecular weight is 274 g/mol. The van der Waals surface area contributed by atoms with Crippen LogP contribution < -0.4 is 0 Å². The summed E-state index contributed by atoms with van der Waals surface area (Å²) in [7, 11) is -1.90. The van der Waals surface area contributed by atoms with E-state index in [1.54, 1.807) is 0 Å². The summed E-state index contributed by atoms with van der Waals surface area (Å²) in [5, 5.41) is 0. The van der Waals surface area contributed by atoms with Gasteiger partial charge >= 0.3 is 9.05 Å². The fraction of sp³-hybridized carbons (Fsp3) is 1.00. The van der Waals surface area contributed by atoms with Crippen LogP contribution in [0.2, 0.25) is 0 Å². The molecule has 0 unspecified atom stereocenters. The quantitative estimate of drug-likeness (QED) is 0.783. The summed E-state index contributed by atoms with van der Waals surface area (Å²) < 4.78 is 16.8. The highest BCUT2D eigenvalue weighted by Gasteiger charge is 2.45. The Kier molecular flexibility index (Phi) is 5.63. The summed E-state index contributed by atoms with van der Waals surface area (Å²) in [5.41, 5.74) is 0. The molecule has 0 radical (unpaired) electrons. The Morgan fingerprint density at radius 1 is 0.778 bits per heavy atom. The van der Waals surface area contributed by atoms with Crippen molar-refractivity contribution in [2.45, 2.75) is 76.4 Å². The van der Waals surface area contributed by atoms with Gasteiger partial charge in [0, 0.05) is 7.11 Å². The molecule has 5 heteroatoms. The van der Waals surface area contributed by atoms with Gasteiger partial charge < -0.3 is 18.1 Å². The maximum absolute atomic E-state index is 10.4. The van der Waals surface area contributed by atoms with Crippen molar-refractivity contribution in [3.8, 4) is 0 Å². The molecule has 4 nitrogen and oxygen atoms in total. The van der Waals surface area contributed by atoms with Gasteiger partial charge in [0.1, 0.15) is 0 Å². The number of rotatable bonds is 5. The summed E-state index contributed by atoms with van der Waals surface area (Å²) >= 11 is 0. The van der Waals surface area contributed by atoms with E-state index in [4.69, 9.17) is 13.3 Å². The predicted molar refractivity (Wildman–Crippen MR) is 70.9 cm³/mol. The van der Waals surface area contributed by atoms with Gasteiger partial charge in [0.05, 0.1) is 12.2 Å². The Hall–Kier alpha value is 0.0569. The Labute approximate surface area is 111 Å². The molecule has 0 aliphatic heterocycles. The van der Waals surface area contributed by atoms with Crippen LogP contribution in [0.4, 0.5) is 0 Å². The van der Waals surface area contributed by atoms with E-state index in [0.29, 0.717) is 0 Å². The summed E-state index contributed by atoms with van der Waals surface area (Å²) in [6.45, 7) is 0. The molecule has 0 aromatic rings. The van der Waals surface area contributed by atoms with Crippen LogP contribution in [0, 0.1) is 0 Å². The molecule has 18 heavy (non-hydrogen) atoms. The van der Waals surface area contributed by atoms with Crippen LogP contribution in [0.15, 0.2) is 0 Å². The minimum absolute atomic E-state index is 0.124. The van der Waals surface area contributed by atoms with Crippen molar-refractivity contribution >= 4 is 9.05 Å². The second-order valence-electron chi connectivity index (χ2n) is 5.48. The molecule has 0 aromatic carbocycles. The topological polar surface area (TPSA) is 47.9 Å². The lowest BCUT2D eigenvalue weighted by atomic mass is 9.98. The molecule has 0 heterocycles. The smallest absolute Gasteiger partial charge is 0.367 e. The zero-order valence-corrected chi connectivity index (χ0v) is 12.4. The fourth-order valence-electron chi connectivity index (χ4n) is 2.91. The van der Waals surface area contributed by atoms with Gasteiger partial charge in [-0.05, 0) is 25.7 Å². The Morgan fingerprint density at radius 3 is 1.50 bits per heavy atom. The van der Waals surface area contributed by atoms with Gasteiger partial charge in [-0.3, -0.25) is 0 Å². The Morgan fingerprint density at radius 2 is 1.17 bits per heavy atom. The van der Waals surface area contributed by atoms with Crippen LogP contribution in [-0.4, -0.2) is 33.2 Å².